The fourth-order valence-electron chi connectivity index (χ4n) is 7.44. The van der Waals surface area contributed by atoms with Crippen LogP contribution in [0.4, 0.5) is 0 Å². The Morgan fingerprint density at radius 1 is 0.595 bits per heavy atom. The van der Waals surface area contributed by atoms with Gasteiger partial charge >= 0.3 is 11.9 Å². The highest BCUT2D eigenvalue weighted by atomic mass is 127. The van der Waals surface area contributed by atoms with E-state index in [1.54, 1.807) is 0 Å². The second-order valence-electron chi connectivity index (χ2n) is 13.0. The molecule has 2 heterocycles. The van der Waals surface area contributed by atoms with Crippen LogP contribution < -0.4 is 48.0 Å². The SMILES string of the molecule is C[N+]1(CCOC(=O)C2C(c3ccccc3)C(C(=O)OCC[N+]3(C)CCCCC3)C2c2ccccc2)CCCCC1.[I-].[I-]. The first-order chi connectivity index (χ1) is 19.4. The molecule has 0 amide bonds. The zero-order chi connectivity index (χ0) is 28.0. The minimum atomic E-state index is -0.416. The number of esters is 2. The van der Waals surface area contributed by atoms with E-state index in [0.29, 0.717) is 13.2 Å². The third-order valence-electron chi connectivity index (χ3n) is 10.0. The highest BCUT2D eigenvalue weighted by Crippen LogP contribution is 2.58. The number of likely N-dealkylation sites (tertiary alicyclic amines) is 2. The highest BCUT2D eigenvalue weighted by molar-refractivity contribution is 5.85. The summed E-state index contributed by atoms with van der Waals surface area (Å²) in [7, 11) is 4.54. The van der Waals surface area contributed by atoms with Crippen LogP contribution in [0.3, 0.4) is 0 Å². The van der Waals surface area contributed by atoms with Gasteiger partial charge in [0.15, 0.2) is 0 Å². The number of likely N-dealkylation sites (N-methyl/N-ethyl adjacent to an activating group) is 2. The predicted molar refractivity (Wildman–Crippen MR) is 157 cm³/mol. The monoisotopic (exact) mass is 802 g/mol. The summed E-state index contributed by atoms with van der Waals surface area (Å²) in [4.78, 5) is 27.6. The number of hydrogen-bond acceptors (Lipinski definition) is 4. The third kappa shape index (κ3) is 8.47. The largest absolute Gasteiger partial charge is 1.00 e. The van der Waals surface area contributed by atoms with E-state index >= 15 is 0 Å². The lowest BCUT2D eigenvalue weighted by molar-refractivity contribution is -0.914. The Hall–Kier alpha value is -1.24. The number of quaternary nitrogens is 2. The maximum absolute atomic E-state index is 13.8. The standard InChI is InChI=1S/C34H48N2O4.2HI/c1-35(19-11-5-12-20-35)23-25-39-33(37)31-29(27-15-7-3-8-16-27)32(30(31)28-17-9-4-10-18-28)34(38)40-26-24-36(2)21-13-6-14-22-36;;/h3-4,7-10,15-18,29-32H,5-6,11-14,19-26H2,1-2H3;2*1H/q+2;;/p-2. The molecule has 1 saturated carbocycles. The molecule has 0 radical (unpaired) electrons. The molecule has 6 nitrogen and oxygen atoms in total. The molecule has 2 saturated heterocycles. The molecule has 0 aromatic heterocycles. The molecule has 0 N–H and O–H groups in total. The first kappa shape index (κ1) is 35.2. The van der Waals surface area contributed by atoms with Gasteiger partial charge in [0.2, 0.25) is 0 Å². The summed E-state index contributed by atoms with van der Waals surface area (Å²) in [5.74, 6) is -1.73. The zero-order valence-electron chi connectivity index (χ0n) is 25.3. The number of piperidine rings is 2. The topological polar surface area (TPSA) is 52.6 Å². The zero-order valence-corrected chi connectivity index (χ0v) is 29.6. The van der Waals surface area contributed by atoms with E-state index < -0.39 is 11.8 Å². The fraction of sp³-hybridized carbons (Fsp3) is 0.588. The first-order valence-electron chi connectivity index (χ1n) is 15.5. The highest BCUT2D eigenvalue weighted by Gasteiger charge is 2.59. The molecule has 232 valence electrons. The van der Waals surface area contributed by atoms with E-state index in [0.717, 1.165) is 59.4 Å². The van der Waals surface area contributed by atoms with Gasteiger partial charge < -0.3 is 66.4 Å². The minimum Gasteiger partial charge on any atom is -1.00 e. The van der Waals surface area contributed by atoms with Crippen molar-refractivity contribution in [3.63, 3.8) is 0 Å². The van der Waals surface area contributed by atoms with E-state index in [2.05, 4.69) is 14.1 Å². The summed E-state index contributed by atoms with van der Waals surface area (Å²) in [6, 6.07) is 20.0. The summed E-state index contributed by atoms with van der Waals surface area (Å²) in [6.45, 7) is 7.09. The normalized spacial score (nSPS) is 26.0. The molecule has 0 bridgehead atoms. The summed E-state index contributed by atoms with van der Waals surface area (Å²) in [6.07, 6.45) is 7.54. The Labute approximate surface area is 286 Å². The second-order valence-corrected chi connectivity index (χ2v) is 13.0. The van der Waals surface area contributed by atoms with Crippen molar-refractivity contribution in [2.45, 2.75) is 50.4 Å². The average Bonchev–Trinajstić information content (AvgIpc) is 2.94. The van der Waals surface area contributed by atoms with Crippen LogP contribution in [0.25, 0.3) is 0 Å². The molecule has 8 heteroatoms. The number of halogens is 2. The molecule has 3 fully saturated rings. The van der Waals surface area contributed by atoms with Crippen LogP contribution in [0.2, 0.25) is 0 Å². The second kappa shape index (κ2) is 16.2. The van der Waals surface area contributed by atoms with Crippen molar-refractivity contribution < 1.29 is 76.0 Å². The minimum absolute atomic E-state index is 0. The van der Waals surface area contributed by atoms with Crippen LogP contribution in [-0.2, 0) is 19.1 Å². The lowest BCUT2D eigenvalue weighted by Gasteiger charge is -2.49. The smallest absolute Gasteiger partial charge is 0.310 e. The van der Waals surface area contributed by atoms with Gasteiger partial charge in [-0.1, -0.05) is 60.7 Å². The maximum Gasteiger partial charge on any atom is 0.310 e. The van der Waals surface area contributed by atoms with Gasteiger partial charge in [-0.3, -0.25) is 9.59 Å². The van der Waals surface area contributed by atoms with Crippen molar-refractivity contribution in [1.82, 2.24) is 0 Å². The number of ether oxygens (including phenoxy) is 2. The molecule has 1 aliphatic carbocycles. The Morgan fingerprint density at radius 3 is 1.26 bits per heavy atom. The maximum atomic E-state index is 13.8. The first-order valence-corrected chi connectivity index (χ1v) is 15.5. The quantitative estimate of drug-likeness (QED) is 0.179. The number of nitrogens with zero attached hydrogens (tertiary/aromatic N) is 2. The molecule has 3 aliphatic rings. The molecule has 42 heavy (non-hydrogen) atoms. The lowest BCUT2D eigenvalue weighted by atomic mass is 9.52. The average molecular weight is 803 g/mol. The van der Waals surface area contributed by atoms with Crippen LogP contribution >= 0.6 is 0 Å². The van der Waals surface area contributed by atoms with Crippen LogP contribution in [-0.4, -0.2) is 87.5 Å². The van der Waals surface area contributed by atoms with Crippen molar-refractivity contribution >= 4 is 11.9 Å². The molecule has 2 aromatic carbocycles. The predicted octanol–water partition coefficient (Wildman–Crippen LogP) is -0.845. The number of hydrogen-bond donors (Lipinski definition) is 0. The molecule has 5 rings (SSSR count). The van der Waals surface area contributed by atoms with Crippen molar-refractivity contribution in [2.24, 2.45) is 11.8 Å². The van der Waals surface area contributed by atoms with E-state index in [1.807, 2.05) is 60.7 Å². The van der Waals surface area contributed by atoms with Gasteiger partial charge in [0, 0.05) is 11.8 Å². The molecule has 0 unspecified atom stereocenters. The van der Waals surface area contributed by atoms with Gasteiger partial charge in [-0.2, -0.15) is 0 Å². The van der Waals surface area contributed by atoms with Gasteiger partial charge in [0.25, 0.3) is 0 Å². The van der Waals surface area contributed by atoms with Crippen LogP contribution in [0, 0.1) is 11.8 Å². The fourth-order valence-corrected chi connectivity index (χ4v) is 7.44. The Morgan fingerprint density at radius 2 is 0.929 bits per heavy atom. The number of benzene rings is 2. The van der Waals surface area contributed by atoms with Crippen molar-refractivity contribution in [2.75, 3.05) is 66.6 Å². The van der Waals surface area contributed by atoms with Gasteiger partial charge in [0.1, 0.15) is 26.3 Å². The number of rotatable bonds is 10. The van der Waals surface area contributed by atoms with E-state index in [1.165, 1.54) is 38.5 Å². The molecule has 2 aromatic rings. The van der Waals surface area contributed by atoms with Crippen LogP contribution in [0.15, 0.2) is 60.7 Å². The van der Waals surface area contributed by atoms with Crippen LogP contribution in [0.1, 0.15) is 61.5 Å². The van der Waals surface area contributed by atoms with E-state index in [-0.39, 0.29) is 71.7 Å². The number of carbonyl (C=O) groups is 2. The summed E-state index contributed by atoms with van der Waals surface area (Å²) in [5.41, 5.74) is 2.01. The molecular formula is C34H48I2N2O4. The van der Waals surface area contributed by atoms with Gasteiger partial charge in [-0.15, -0.1) is 0 Å². The summed E-state index contributed by atoms with van der Waals surface area (Å²) >= 11 is 0. The number of carbonyl (C=O) groups excluding carboxylic acids is 2. The third-order valence-corrected chi connectivity index (χ3v) is 10.0. The van der Waals surface area contributed by atoms with E-state index in [4.69, 9.17) is 9.47 Å². The summed E-state index contributed by atoms with van der Waals surface area (Å²) in [5, 5.41) is 0. The van der Waals surface area contributed by atoms with Crippen molar-refractivity contribution in [1.29, 1.82) is 0 Å². The van der Waals surface area contributed by atoms with E-state index in [9.17, 15) is 9.59 Å². The summed E-state index contributed by atoms with van der Waals surface area (Å²) < 4.78 is 14.0. The Bertz CT molecular complexity index is 1020. The lowest BCUT2D eigenvalue weighted by Crippen LogP contribution is -3.00. The van der Waals surface area contributed by atoms with Crippen molar-refractivity contribution in [3.05, 3.63) is 71.8 Å². The Balaban J connectivity index is 0.00000242. The van der Waals surface area contributed by atoms with Crippen LogP contribution in [0.5, 0.6) is 0 Å². The van der Waals surface area contributed by atoms with Gasteiger partial charge in [-0.05, 0) is 49.7 Å². The molecular weight excluding hydrogens is 754 g/mol. The van der Waals surface area contributed by atoms with Gasteiger partial charge in [-0.25, -0.2) is 0 Å². The molecule has 0 atom stereocenters. The van der Waals surface area contributed by atoms with Crippen molar-refractivity contribution in [3.8, 4) is 0 Å². The Kier molecular flexibility index (Phi) is 13.6. The molecule has 2 aliphatic heterocycles. The molecule has 0 spiro atoms. The van der Waals surface area contributed by atoms with Gasteiger partial charge in [0.05, 0.1) is 52.1 Å².